The number of aliphatic hydroxyl groups excluding tert-OH is 1. The number of hydrogen-bond acceptors (Lipinski definition) is 4. The van der Waals surface area contributed by atoms with E-state index in [9.17, 15) is 9.90 Å². The molecule has 21 heavy (non-hydrogen) atoms. The van der Waals surface area contributed by atoms with Gasteiger partial charge in [0.25, 0.3) is 0 Å². The predicted octanol–water partition coefficient (Wildman–Crippen LogP) is 0.778. The van der Waals surface area contributed by atoms with Crippen molar-refractivity contribution in [3.63, 3.8) is 0 Å². The first kappa shape index (κ1) is 15.8. The third-order valence-electron chi connectivity index (χ3n) is 3.82. The highest BCUT2D eigenvalue weighted by atomic mass is 16.3. The maximum Gasteiger partial charge on any atom is 0.320 e. The standard InChI is InChI=1S/C14H25N5O2/c1-18-10-6-13(17-18)16-14(21)15-7-2-3-8-19-9-4-5-12(19)11-20/h6,10,12,20H,2-5,7-9,11H2,1H3,(H2,15,16,17,21). The van der Waals surface area contributed by atoms with Gasteiger partial charge in [-0.05, 0) is 38.8 Å². The molecule has 0 aromatic carbocycles. The average Bonchev–Trinajstić information content (AvgIpc) is 3.07. The number of carbonyl (C=O) groups is 1. The van der Waals surface area contributed by atoms with E-state index in [1.165, 1.54) is 6.42 Å². The van der Waals surface area contributed by atoms with E-state index in [1.807, 2.05) is 0 Å². The minimum absolute atomic E-state index is 0.219. The van der Waals surface area contributed by atoms with E-state index < -0.39 is 0 Å². The van der Waals surface area contributed by atoms with Gasteiger partial charge in [0.05, 0.1) is 6.61 Å². The van der Waals surface area contributed by atoms with Crippen molar-refractivity contribution >= 4 is 11.8 Å². The number of rotatable bonds is 7. The molecular weight excluding hydrogens is 270 g/mol. The molecule has 1 aromatic rings. The fraction of sp³-hybridized carbons (Fsp3) is 0.714. The SMILES string of the molecule is Cn1ccc(NC(=O)NCCCCN2CCCC2CO)n1. The van der Waals surface area contributed by atoms with Crippen LogP contribution in [-0.4, -0.2) is 58.1 Å². The summed E-state index contributed by atoms with van der Waals surface area (Å²) in [5.41, 5.74) is 0. The lowest BCUT2D eigenvalue weighted by molar-refractivity contribution is 0.157. The van der Waals surface area contributed by atoms with E-state index in [0.717, 1.165) is 32.4 Å². The minimum atomic E-state index is -0.219. The molecular formula is C14H25N5O2. The second kappa shape index (κ2) is 7.99. The maximum absolute atomic E-state index is 11.6. The summed E-state index contributed by atoms with van der Waals surface area (Å²) in [7, 11) is 1.81. The number of aliphatic hydroxyl groups is 1. The molecule has 0 spiro atoms. The van der Waals surface area contributed by atoms with Crippen LogP contribution < -0.4 is 10.6 Å². The Kier molecular flexibility index (Phi) is 6.01. The molecule has 1 saturated heterocycles. The van der Waals surface area contributed by atoms with E-state index in [4.69, 9.17) is 0 Å². The van der Waals surface area contributed by atoms with Crippen LogP contribution in [0.15, 0.2) is 12.3 Å². The number of hydrogen-bond donors (Lipinski definition) is 3. The summed E-state index contributed by atoms with van der Waals surface area (Å²) in [6, 6.07) is 1.87. The summed E-state index contributed by atoms with van der Waals surface area (Å²) in [4.78, 5) is 14.0. The van der Waals surface area contributed by atoms with Crippen molar-refractivity contribution in [2.45, 2.75) is 31.7 Å². The largest absolute Gasteiger partial charge is 0.395 e. The summed E-state index contributed by atoms with van der Waals surface area (Å²) in [5.74, 6) is 0.554. The molecule has 7 nitrogen and oxygen atoms in total. The van der Waals surface area contributed by atoms with Crippen LogP contribution in [0.1, 0.15) is 25.7 Å². The van der Waals surface area contributed by atoms with E-state index in [2.05, 4.69) is 20.6 Å². The third-order valence-corrected chi connectivity index (χ3v) is 3.82. The lowest BCUT2D eigenvalue weighted by Gasteiger charge is -2.22. The molecule has 0 aliphatic carbocycles. The van der Waals surface area contributed by atoms with Crippen LogP contribution in [0.2, 0.25) is 0 Å². The number of urea groups is 1. The van der Waals surface area contributed by atoms with Crippen molar-refractivity contribution in [1.82, 2.24) is 20.0 Å². The molecule has 3 N–H and O–H groups in total. The Morgan fingerprint density at radius 2 is 2.38 bits per heavy atom. The molecule has 0 bridgehead atoms. The van der Waals surface area contributed by atoms with Crippen molar-refractivity contribution in [3.8, 4) is 0 Å². The van der Waals surface area contributed by atoms with Gasteiger partial charge in [0, 0.05) is 31.9 Å². The molecule has 2 heterocycles. The molecule has 1 aliphatic rings. The third kappa shape index (κ3) is 5.02. The summed E-state index contributed by atoms with van der Waals surface area (Å²) in [6.45, 7) is 2.98. The van der Waals surface area contributed by atoms with Crippen molar-refractivity contribution < 1.29 is 9.90 Å². The van der Waals surface area contributed by atoms with Crippen LogP contribution in [0.4, 0.5) is 10.6 Å². The van der Waals surface area contributed by atoms with Gasteiger partial charge in [0.2, 0.25) is 0 Å². The Morgan fingerprint density at radius 3 is 3.10 bits per heavy atom. The lowest BCUT2D eigenvalue weighted by Crippen LogP contribution is -2.34. The number of nitrogens with one attached hydrogen (secondary N) is 2. The van der Waals surface area contributed by atoms with E-state index in [1.54, 1.807) is 24.0 Å². The average molecular weight is 295 g/mol. The number of amides is 2. The Morgan fingerprint density at radius 1 is 1.52 bits per heavy atom. The highest BCUT2D eigenvalue weighted by Gasteiger charge is 2.22. The van der Waals surface area contributed by atoms with Crippen LogP contribution in [0.25, 0.3) is 0 Å². The van der Waals surface area contributed by atoms with Crippen molar-refractivity contribution in [2.75, 3.05) is 31.6 Å². The molecule has 0 saturated carbocycles. The highest BCUT2D eigenvalue weighted by Crippen LogP contribution is 2.16. The lowest BCUT2D eigenvalue weighted by atomic mass is 10.2. The molecule has 118 valence electrons. The summed E-state index contributed by atoms with van der Waals surface area (Å²) >= 11 is 0. The van der Waals surface area contributed by atoms with Crippen LogP contribution in [0.5, 0.6) is 0 Å². The smallest absolute Gasteiger partial charge is 0.320 e. The van der Waals surface area contributed by atoms with Gasteiger partial charge in [-0.3, -0.25) is 14.9 Å². The fourth-order valence-electron chi connectivity index (χ4n) is 2.68. The molecule has 2 amide bonds. The number of carbonyl (C=O) groups excluding carboxylic acids is 1. The van der Waals surface area contributed by atoms with Gasteiger partial charge in [0.15, 0.2) is 5.82 Å². The van der Waals surface area contributed by atoms with Gasteiger partial charge < -0.3 is 10.4 Å². The molecule has 1 fully saturated rings. The highest BCUT2D eigenvalue weighted by molar-refractivity contribution is 5.88. The van der Waals surface area contributed by atoms with Crippen molar-refractivity contribution in [1.29, 1.82) is 0 Å². The number of likely N-dealkylation sites (tertiary alicyclic amines) is 1. The monoisotopic (exact) mass is 295 g/mol. The molecule has 1 aliphatic heterocycles. The van der Waals surface area contributed by atoms with Gasteiger partial charge >= 0.3 is 6.03 Å². The molecule has 0 radical (unpaired) electrons. The van der Waals surface area contributed by atoms with Gasteiger partial charge in [-0.25, -0.2) is 4.79 Å². The van der Waals surface area contributed by atoms with Crippen LogP contribution in [0.3, 0.4) is 0 Å². The van der Waals surface area contributed by atoms with Crippen molar-refractivity contribution in [3.05, 3.63) is 12.3 Å². The van der Waals surface area contributed by atoms with Crippen LogP contribution >= 0.6 is 0 Å². The zero-order valence-corrected chi connectivity index (χ0v) is 12.6. The number of aryl methyl sites for hydroxylation is 1. The molecule has 7 heteroatoms. The minimum Gasteiger partial charge on any atom is -0.395 e. The van der Waals surface area contributed by atoms with Gasteiger partial charge in [-0.2, -0.15) is 5.10 Å². The molecule has 2 rings (SSSR count). The second-order valence-electron chi connectivity index (χ2n) is 5.48. The van der Waals surface area contributed by atoms with Gasteiger partial charge in [0.1, 0.15) is 0 Å². The summed E-state index contributed by atoms with van der Waals surface area (Å²) in [5, 5.41) is 18.8. The summed E-state index contributed by atoms with van der Waals surface area (Å²) in [6.07, 6.45) is 6.02. The van der Waals surface area contributed by atoms with Crippen LogP contribution in [-0.2, 0) is 7.05 Å². The first-order valence-electron chi connectivity index (χ1n) is 7.58. The first-order chi connectivity index (χ1) is 10.2. The topological polar surface area (TPSA) is 82.4 Å². The van der Waals surface area contributed by atoms with E-state index >= 15 is 0 Å². The fourth-order valence-corrected chi connectivity index (χ4v) is 2.68. The Bertz CT molecular complexity index is 448. The number of nitrogens with zero attached hydrogens (tertiary/aromatic N) is 3. The quantitative estimate of drug-likeness (QED) is 0.649. The predicted molar refractivity (Wildman–Crippen MR) is 81.1 cm³/mol. The van der Waals surface area contributed by atoms with Crippen molar-refractivity contribution in [2.24, 2.45) is 7.05 Å². The van der Waals surface area contributed by atoms with Crippen LogP contribution in [0, 0.1) is 0 Å². The zero-order valence-electron chi connectivity index (χ0n) is 12.6. The first-order valence-corrected chi connectivity index (χ1v) is 7.58. The number of aromatic nitrogens is 2. The van der Waals surface area contributed by atoms with Gasteiger partial charge in [-0.15, -0.1) is 0 Å². The molecule has 1 aromatic heterocycles. The normalized spacial score (nSPS) is 18.9. The number of unbranched alkanes of at least 4 members (excludes halogenated alkanes) is 1. The zero-order chi connectivity index (χ0) is 15.1. The Hall–Kier alpha value is -1.60. The van der Waals surface area contributed by atoms with Gasteiger partial charge in [-0.1, -0.05) is 0 Å². The maximum atomic E-state index is 11.6. The van der Waals surface area contributed by atoms with E-state index in [-0.39, 0.29) is 12.6 Å². The molecule has 1 atom stereocenters. The number of anilines is 1. The Labute approximate surface area is 125 Å². The molecule has 1 unspecified atom stereocenters. The van der Waals surface area contributed by atoms with E-state index in [0.29, 0.717) is 18.4 Å². The second-order valence-corrected chi connectivity index (χ2v) is 5.48. The summed E-state index contributed by atoms with van der Waals surface area (Å²) < 4.78 is 1.64. The Balaban J connectivity index is 1.54.